The third kappa shape index (κ3) is 1.63. The van der Waals surface area contributed by atoms with E-state index in [4.69, 9.17) is 12.2 Å². The van der Waals surface area contributed by atoms with Gasteiger partial charge in [-0.1, -0.05) is 0 Å². The average Bonchev–Trinajstić information content (AvgIpc) is 2.62. The molecule has 0 aliphatic rings. The minimum absolute atomic E-state index is 0.753. The molecule has 2 aromatic heterocycles. The number of aryl methyl sites for hydroxylation is 2. The summed E-state index contributed by atoms with van der Waals surface area (Å²) >= 11 is 5.17. The molecule has 2 aromatic rings. The Morgan fingerprint density at radius 1 is 1.57 bits per heavy atom. The van der Waals surface area contributed by atoms with Crippen LogP contribution in [-0.2, 0) is 13.6 Å². The standard InChI is InChI=1S/C9H12N4S/c1-7-5-13(9(14)11-7)6-8-3-4-10-12(8)2/h3-5H,6H2,1-2H3,(H,11,14). The summed E-state index contributed by atoms with van der Waals surface area (Å²) in [5.74, 6) is 0. The lowest BCUT2D eigenvalue weighted by atomic mass is 10.4. The minimum atomic E-state index is 0.753. The van der Waals surface area contributed by atoms with Crippen LogP contribution in [0, 0.1) is 11.7 Å². The predicted octanol–water partition coefficient (Wildman–Crippen LogP) is 1.64. The third-order valence-electron chi connectivity index (χ3n) is 2.17. The molecule has 0 aliphatic heterocycles. The molecule has 0 saturated carbocycles. The summed E-state index contributed by atoms with van der Waals surface area (Å²) < 4.78 is 4.61. The maximum Gasteiger partial charge on any atom is 0.177 e. The second-order valence-electron chi connectivity index (χ2n) is 3.32. The van der Waals surface area contributed by atoms with Crippen molar-refractivity contribution in [1.82, 2.24) is 19.3 Å². The Morgan fingerprint density at radius 2 is 2.36 bits per heavy atom. The third-order valence-corrected chi connectivity index (χ3v) is 2.51. The van der Waals surface area contributed by atoms with E-state index in [1.165, 1.54) is 0 Å². The van der Waals surface area contributed by atoms with Crippen LogP contribution in [0.2, 0.25) is 0 Å². The Hall–Kier alpha value is -1.36. The van der Waals surface area contributed by atoms with Gasteiger partial charge in [-0.15, -0.1) is 0 Å². The highest BCUT2D eigenvalue weighted by atomic mass is 32.1. The van der Waals surface area contributed by atoms with Crippen LogP contribution in [0.3, 0.4) is 0 Å². The highest BCUT2D eigenvalue weighted by Gasteiger charge is 2.01. The first-order valence-electron chi connectivity index (χ1n) is 4.40. The van der Waals surface area contributed by atoms with Crippen LogP contribution in [0.25, 0.3) is 0 Å². The van der Waals surface area contributed by atoms with Gasteiger partial charge < -0.3 is 9.55 Å². The first kappa shape index (κ1) is 9.21. The van der Waals surface area contributed by atoms with Crippen LogP contribution in [0.4, 0.5) is 0 Å². The van der Waals surface area contributed by atoms with Gasteiger partial charge in [-0.05, 0) is 25.2 Å². The molecule has 0 aliphatic carbocycles. The van der Waals surface area contributed by atoms with Crippen LogP contribution < -0.4 is 0 Å². The molecule has 0 spiro atoms. The number of H-pyrrole nitrogens is 1. The zero-order valence-electron chi connectivity index (χ0n) is 8.19. The van der Waals surface area contributed by atoms with Gasteiger partial charge in [0.15, 0.2) is 4.77 Å². The molecular weight excluding hydrogens is 196 g/mol. The molecule has 74 valence electrons. The highest BCUT2D eigenvalue weighted by molar-refractivity contribution is 7.71. The lowest BCUT2D eigenvalue weighted by Gasteiger charge is -2.02. The van der Waals surface area contributed by atoms with Gasteiger partial charge in [0, 0.05) is 25.1 Å². The van der Waals surface area contributed by atoms with E-state index in [1.807, 2.05) is 35.5 Å². The van der Waals surface area contributed by atoms with E-state index >= 15 is 0 Å². The molecule has 0 radical (unpaired) electrons. The Morgan fingerprint density at radius 3 is 2.86 bits per heavy atom. The molecule has 0 aromatic carbocycles. The van der Waals surface area contributed by atoms with E-state index in [0.717, 1.165) is 22.7 Å². The van der Waals surface area contributed by atoms with E-state index in [0.29, 0.717) is 0 Å². The van der Waals surface area contributed by atoms with Crippen LogP contribution in [0.1, 0.15) is 11.4 Å². The van der Waals surface area contributed by atoms with Crippen molar-refractivity contribution >= 4 is 12.2 Å². The molecule has 5 heteroatoms. The van der Waals surface area contributed by atoms with Gasteiger partial charge in [-0.2, -0.15) is 5.10 Å². The second kappa shape index (κ2) is 3.42. The lowest BCUT2D eigenvalue weighted by Crippen LogP contribution is -2.04. The second-order valence-corrected chi connectivity index (χ2v) is 3.70. The van der Waals surface area contributed by atoms with Gasteiger partial charge in [-0.3, -0.25) is 4.68 Å². The topological polar surface area (TPSA) is 38.5 Å². The summed E-state index contributed by atoms with van der Waals surface area (Å²) in [6.45, 7) is 2.76. The number of nitrogens with one attached hydrogen (secondary N) is 1. The lowest BCUT2D eigenvalue weighted by molar-refractivity contribution is 0.662. The SMILES string of the molecule is Cc1cn(Cc2ccnn2C)c(=S)[nH]1. The van der Waals surface area contributed by atoms with Crippen LogP contribution in [-0.4, -0.2) is 19.3 Å². The maximum absolute atomic E-state index is 5.17. The molecule has 0 unspecified atom stereocenters. The maximum atomic E-state index is 5.17. The van der Waals surface area contributed by atoms with E-state index in [9.17, 15) is 0 Å². The number of hydrogen-bond acceptors (Lipinski definition) is 2. The van der Waals surface area contributed by atoms with Crippen LogP contribution in [0.15, 0.2) is 18.5 Å². The van der Waals surface area contributed by atoms with E-state index in [2.05, 4.69) is 10.1 Å². The molecule has 0 saturated heterocycles. The molecule has 1 N–H and O–H groups in total. The first-order chi connectivity index (χ1) is 6.66. The van der Waals surface area contributed by atoms with Crippen molar-refractivity contribution < 1.29 is 0 Å². The molecule has 0 amide bonds. The number of imidazole rings is 1. The van der Waals surface area contributed by atoms with Crippen molar-refractivity contribution in [2.45, 2.75) is 13.5 Å². The molecule has 2 rings (SSSR count). The monoisotopic (exact) mass is 208 g/mol. The Labute approximate surface area is 87.2 Å². The summed E-state index contributed by atoms with van der Waals surface area (Å²) in [6.07, 6.45) is 3.80. The fourth-order valence-electron chi connectivity index (χ4n) is 1.41. The van der Waals surface area contributed by atoms with Crippen molar-refractivity contribution in [3.63, 3.8) is 0 Å². The molecule has 0 atom stereocenters. The fourth-order valence-corrected chi connectivity index (χ4v) is 1.69. The molecule has 14 heavy (non-hydrogen) atoms. The molecule has 0 bridgehead atoms. The van der Waals surface area contributed by atoms with E-state index in [1.54, 1.807) is 6.20 Å². The zero-order chi connectivity index (χ0) is 10.1. The summed E-state index contributed by atoms with van der Waals surface area (Å²) in [7, 11) is 1.93. The first-order valence-corrected chi connectivity index (χ1v) is 4.80. The summed E-state index contributed by atoms with van der Waals surface area (Å²) in [6, 6.07) is 1.99. The van der Waals surface area contributed by atoms with E-state index in [-0.39, 0.29) is 0 Å². The van der Waals surface area contributed by atoms with Crippen LogP contribution in [0.5, 0.6) is 0 Å². The van der Waals surface area contributed by atoms with Crippen molar-refractivity contribution in [3.05, 3.63) is 34.6 Å². The highest BCUT2D eigenvalue weighted by Crippen LogP contribution is 2.03. The number of hydrogen-bond donors (Lipinski definition) is 1. The van der Waals surface area contributed by atoms with Gasteiger partial charge in [0.05, 0.1) is 12.2 Å². The summed E-state index contributed by atoms with van der Waals surface area (Å²) in [4.78, 5) is 3.09. The summed E-state index contributed by atoms with van der Waals surface area (Å²) in [5.41, 5.74) is 2.22. The number of aromatic amines is 1. The number of rotatable bonds is 2. The van der Waals surface area contributed by atoms with Crippen molar-refractivity contribution in [1.29, 1.82) is 0 Å². The minimum Gasteiger partial charge on any atom is -0.335 e. The zero-order valence-corrected chi connectivity index (χ0v) is 9.01. The van der Waals surface area contributed by atoms with Crippen LogP contribution >= 0.6 is 12.2 Å². The van der Waals surface area contributed by atoms with Crippen molar-refractivity contribution in [2.75, 3.05) is 0 Å². The Balaban J connectivity index is 2.31. The quantitative estimate of drug-likeness (QED) is 0.762. The number of nitrogens with zero attached hydrogens (tertiary/aromatic N) is 3. The number of aromatic nitrogens is 4. The fraction of sp³-hybridized carbons (Fsp3) is 0.333. The normalized spacial score (nSPS) is 10.7. The molecule has 2 heterocycles. The van der Waals surface area contributed by atoms with Crippen molar-refractivity contribution in [3.8, 4) is 0 Å². The van der Waals surface area contributed by atoms with E-state index < -0.39 is 0 Å². The Kier molecular flexibility index (Phi) is 2.25. The van der Waals surface area contributed by atoms with Gasteiger partial charge in [0.1, 0.15) is 0 Å². The largest absolute Gasteiger partial charge is 0.335 e. The van der Waals surface area contributed by atoms with Crippen molar-refractivity contribution in [2.24, 2.45) is 7.05 Å². The molecule has 0 fully saturated rings. The predicted molar refractivity (Wildman–Crippen MR) is 56.7 cm³/mol. The average molecular weight is 208 g/mol. The molecule has 4 nitrogen and oxygen atoms in total. The molecular formula is C9H12N4S. The van der Waals surface area contributed by atoms with Gasteiger partial charge >= 0.3 is 0 Å². The van der Waals surface area contributed by atoms with Gasteiger partial charge in [0.2, 0.25) is 0 Å². The summed E-state index contributed by atoms with van der Waals surface area (Å²) in [5, 5.41) is 4.11. The van der Waals surface area contributed by atoms with Gasteiger partial charge in [0.25, 0.3) is 0 Å². The smallest absolute Gasteiger partial charge is 0.177 e. The van der Waals surface area contributed by atoms with Gasteiger partial charge in [-0.25, -0.2) is 0 Å². The Bertz CT molecular complexity index is 491.